The quantitative estimate of drug-likeness (QED) is 0.385. The second-order valence-corrected chi connectivity index (χ2v) is 7.95. The number of benzene rings is 2. The lowest BCUT2D eigenvalue weighted by Gasteiger charge is -2.12. The highest BCUT2D eigenvalue weighted by Gasteiger charge is 2.16. The predicted molar refractivity (Wildman–Crippen MR) is 123 cm³/mol. The zero-order chi connectivity index (χ0) is 23.1. The van der Waals surface area contributed by atoms with E-state index in [4.69, 9.17) is 9.47 Å². The smallest absolute Gasteiger partial charge is 0.339 e. The minimum Gasteiger partial charge on any atom is -0.485 e. The SMILES string of the molecule is CCn1c(COc2cccc(C)c2C)nnc1SCC(=O)Nc1ccccc1C(=O)OC. The standard InChI is InChI=1S/C23H26N4O4S/c1-5-27-20(13-31-19-12-8-9-15(2)16(19)3)25-26-23(27)32-14-21(28)24-18-11-7-6-10-17(18)22(29)30-4/h6-12H,5,13-14H2,1-4H3,(H,24,28). The summed E-state index contributed by atoms with van der Waals surface area (Å²) in [5, 5.41) is 11.8. The maximum absolute atomic E-state index is 12.5. The first-order valence-electron chi connectivity index (χ1n) is 10.2. The van der Waals surface area contributed by atoms with Crippen LogP contribution < -0.4 is 10.1 Å². The van der Waals surface area contributed by atoms with E-state index in [1.807, 2.05) is 43.5 Å². The molecule has 8 nitrogen and oxygen atoms in total. The lowest BCUT2D eigenvalue weighted by Crippen LogP contribution is -2.17. The normalized spacial score (nSPS) is 10.6. The summed E-state index contributed by atoms with van der Waals surface area (Å²) >= 11 is 1.27. The van der Waals surface area contributed by atoms with E-state index in [9.17, 15) is 9.59 Å². The average Bonchev–Trinajstić information content (AvgIpc) is 3.20. The van der Waals surface area contributed by atoms with Gasteiger partial charge >= 0.3 is 5.97 Å². The first kappa shape index (κ1) is 23.3. The molecule has 0 bridgehead atoms. The van der Waals surface area contributed by atoms with E-state index in [1.165, 1.54) is 18.9 Å². The molecule has 0 aliphatic carbocycles. The summed E-state index contributed by atoms with van der Waals surface area (Å²) < 4.78 is 12.6. The molecule has 0 aliphatic rings. The fraction of sp³-hybridized carbons (Fsp3) is 0.304. The molecule has 0 aliphatic heterocycles. The summed E-state index contributed by atoms with van der Waals surface area (Å²) in [6.07, 6.45) is 0. The Kier molecular flexibility index (Phi) is 7.88. The molecule has 3 rings (SSSR count). The van der Waals surface area contributed by atoms with Gasteiger partial charge in [-0.05, 0) is 50.1 Å². The minimum absolute atomic E-state index is 0.117. The van der Waals surface area contributed by atoms with Crippen molar-refractivity contribution in [3.05, 3.63) is 65.0 Å². The Labute approximate surface area is 191 Å². The van der Waals surface area contributed by atoms with Crippen molar-refractivity contribution in [2.75, 3.05) is 18.2 Å². The number of carbonyl (C=O) groups is 2. The van der Waals surface area contributed by atoms with Gasteiger partial charge in [-0.2, -0.15) is 0 Å². The molecule has 1 aromatic heterocycles. The van der Waals surface area contributed by atoms with Crippen molar-refractivity contribution >= 4 is 29.3 Å². The van der Waals surface area contributed by atoms with Crippen LogP contribution in [0.3, 0.4) is 0 Å². The number of nitrogens with one attached hydrogen (secondary N) is 1. The Morgan fingerprint density at radius 1 is 1.09 bits per heavy atom. The number of hydrogen-bond acceptors (Lipinski definition) is 7. The van der Waals surface area contributed by atoms with Gasteiger partial charge < -0.3 is 19.4 Å². The van der Waals surface area contributed by atoms with Gasteiger partial charge in [0.15, 0.2) is 11.0 Å². The van der Waals surface area contributed by atoms with Crippen LogP contribution in [0.1, 0.15) is 34.2 Å². The highest BCUT2D eigenvalue weighted by atomic mass is 32.2. The second-order valence-electron chi connectivity index (χ2n) is 7.00. The molecule has 0 spiro atoms. The van der Waals surface area contributed by atoms with Crippen LogP contribution in [0.2, 0.25) is 0 Å². The Balaban J connectivity index is 1.62. The van der Waals surface area contributed by atoms with Gasteiger partial charge in [0.05, 0.1) is 24.1 Å². The third kappa shape index (κ3) is 5.47. The Hall–Kier alpha value is -3.33. The fourth-order valence-electron chi connectivity index (χ4n) is 3.07. The van der Waals surface area contributed by atoms with Crippen molar-refractivity contribution in [2.45, 2.75) is 39.1 Å². The van der Waals surface area contributed by atoms with Crippen molar-refractivity contribution in [1.82, 2.24) is 14.8 Å². The summed E-state index contributed by atoms with van der Waals surface area (Å²) in [6.45, 7) is 6.98. The fourth-order valence-corrected chi connectivity index (χ4v) is 3.89. The molecule has 0 unspecified atom stereocenters. The summed E-state index contributed by atoms with van der Waals surface area (Å²) in [7, 11) is 1.30. The highest BCUT2D eigenvalue weighted by Crippen LogP contribution is 2.23. The van der Waals surface area contributed by atoms with Gasteiger partial charge in [-0.1, -0.05) is 36.0 Å². The molecule has 1 heterocycles. The minimum atomic E-state index is -0.507. The number of esters is 1. The number of para-hydroxylation sites is 1. The Morgan fingerprint density at radius 2 is 1.88 bits per heavy atom. The number of aryl methyl sites for hydroxylation is 1. The third-order valence-corrected chi connectivity index (χ3v) is 5.93. The molecule has 0 saturated heterocycles. The summed E-state index contributed by atoms with van der Waals surface area (Å²) in [6, 6.07) is 12.6. The van der Waals surface area contributed by atoms with Crippen molar-refractivity contribution in [2.24, 2.45) is 0 Å². The number of rotatable bonds is 9. The van der Waals surface area contributed by atoms with Crippen LogP contribution in [0.25, 0.3) is 0 Å². The van der Waals surface area contributed by atoms with Gasteiger partial charge in [-0.25, -0.2) is 4.79 Å². The van der Waals surface area contributed by atoms with Crippen molar-refractivity contribution in [1.29, 1.82) is 0 Å². The van der Waals surface area contributed by atoms with Gasteiger partial charge in [0.25, 0.3) is 0 Å². The molecule has 1 N–H and O–H groups in total. The second kappa shape index (κ2) is 10.8. The molecule has 9 heteroatoms. The van der Waals surface area contributed by atoms with Crippen LogP contribution in [0.5, 0.6) is 5.75 Å². The Bertz CT molecular complexity index is 1110. The molecule has 168 valence electrons. The number of ether oxygens (including phenoxy) is 2. The lowest BCUT2D eigenvalue weighted by atomic mass is 10.1. The molecule has 0 radical (unpaired) electrons. The number of methoxy groups -OCH3 is 1. The summed E-state index contributed by atoms with van der Waals surface area (Å²) in [5.74, 6) is 0.852. The van der Waals surface area contributed by atoms with Crippen LogP contribution in [-0.4, -0.2) is 39.5 Å². The number of nitrogens with zero attached hydrogens (tertiary/aromatic N) is 3. The van der Waals surface area contributed by atoms with Crippen LogP contribution in [0.15, 0.2) is 47.6 Å². The predicted octanol–water partition coefficient (Wildman–Crippen LogP) is 4.01. The van der Waals surface area contributed by atoms with Gasteiger partial charge in [0, 0.05) is 6.54 Å². The lowest BCUT2D eigenvalue weighted by molar-refractivity contribution is -0.113. The maximum atomic E-state index is 12.5. The van der Waals surface area contributed by atoms with E-state index in [0.29, 0.717) is 28.8 Å². The van der Waals surface area contributed by atoms with Gasteiger partial charge in [-0.3, -0.25) is 4.79 Å². The van der Waals surface area contributed by atoms with Crippen molar-refractivity contribution in [3.63, 3.8) is 0 Å². The van der Waals surface area contributed by atoms with Crippen LogP contribution in [0.4, 0.5) is 5.69 Å². The molecular formula is C23H26N4O4S. The molecular weight excluding hydrogens is 428 g/mol. The van der Waals surface area contributed by atoms with E-state index in [2.05, 4.69) is 15.5 Å². The number of amides is 1. The van der Waals surface area contributed by atoms with Gasteiger partial charge in [0.1, 0.15) is 12.4 Å². The molecule has 0 atom stereocenters. The molecule has 0 fully saturated rings. The number of hydrogen-bond donors (Lipinski definition) is 1. The first-order chi connectivity index (χ1) is 15.4. The van der Waals surface area contributed by atoms with Crippen molar-refractivity contribution in [3.8, 4) is 5.75 Å². The third-order valence-electron chi connectivity index (χ3n) is 4.96. The highest BCUT2D eigenvalue weighted by molar-refractivity contribution is 7.99. The number of aromatic nitrogens is 3. The van der Waals surface area contributed by atoms with Crippen LogP contribution in [-0.2, 0) is 22.7 Å². The molecule has 2 aromatic carbocycles. The largest absolute Gasteiger partial charge is 0.485 e. The first-order valence-corrected chi connectivity index (χ1v) is 11.1. The molecule has 1 amide bonds. The van der Waals surface area contributed by atoms with Crippen LogP contribution in [0, 0.1) is 13.8 Å². The summed E-state index contributed by atoms with van der Waals surface area (Å²) in [4.78, 5) is 24.3. The molecule has 0 saturated carbocycles. The summed E-state index contributed by atoms with van der Waals surface area (Å²) in [5.41, 5.74) is 2.96. The van der Waals surface area contributed by atoms with E-state index in [1.54, 1.807) is 24.3 Å². The van der Waals surface area contributed by atoms with Gasteiger partial charge in [-0.15, -0.1) is 10.2 Å². The average molecular weight is 455 g/mol. The number of anilines is 1. The van der Waals surface area contributed by atoms with E-state index in [0.717, 1.165) is 16.9 Å². The Morgan fingerprint density at radius 3 is 2.62 bits per heavy atom. The number of thioether (sulfide) groups is 1. The monoisotopic (exact) mass is 454 g/mol. The van der Waals surface area contributed by atoms with E-state index >= 15 is 0 Å². The number of carbonyl (C=O) groups excluding carboxylic acids is 2. The van der Waals surface area contributed by atoms with E-state index < -0.39 is 5.97 Å². The molecule has 32 heavy (non-hydrogen) atoms. The van der Waals surface area contributed by atoms with Gasteiger partial charge in [0.2, 0.25) is 5.91 Å². The molecule has 3 aromatic rings. The maximum Gasteiger partial charge on any atom is 0.339 e. The van der Waals surface area contributed by atoms with E-state index in [-0.39, 0.29) is 18.3 Å². The zero-order valence-corrected chi connectivity index (χ0v) is 19.4. The van der Waals surface area contributed by atoms with Crippen molar-refractivity contribution < 1.29 is 19.1 Å². The topological polar surface area (TPSA) is 95.3 Å². The van der Waals surface area contributed by atoms with Crippen LogP contribution >= 0.6 is 11.8 Å². The zero-order valence-electron chi connectivity index (χ0n) is 18.5.